The molecule has 0 amide bonds. The van der Waals surface area contributed by atoms with Crippen molar-refractivity contribution in [3.8, 4) is 0 Å². The largest absolute Gasteiger partial charge is 0.490 e. The van der Waals surface area contributed by atoms with Crippen LogP contribution in [0.15, 0.2) is 18.2 Å². The average molecular weight is 166 g/mol. The van der Waals surface area contributed by atoms with Crippen molar-refractivity contribution >= 4 is 18.3 Å². The van der Waals surface area contributed by atoms with Crippen LogP contribution < -0.4 is 16.7 Å². The summed E-state index contributed by atoms with van der Waals surface area (Å²) < 4.78 is 0. The van der Waals surface area contributed by atoms with Crippen molar-refractivity contribution in [1.29, 1.82) is 0 Å². The summed E-state index contributed by atoms with van der Waals surface area (Å²) in [5, 5.41) is 18.0. The molecule has 1 rings (SSSR count). The molecule has 0 saturated carbocycles. The predicted octanol–water partition coefficient (Wildman–Crippen LogP) is -1.04. The molecule has 1 aromatic carbocycles. The molecule has 0 aliphatic rings. The number of aryl methyl sites for hydroxylation is 1. The number of hydrogen-bond donors (Lipinski definition) is 4. The van der Waals surface area contributed by atoms with Crippen molar-refractivity contribution in [1.82, 2.24) is 0 Å². The third-order valence-electron chi connectivity index (χ3n) is 1.74. The molecule has 0 aromatic heterocycles. The number of hydrogen-bond acceptors (Lipinski definition) is 4. The topological polar surface area (TPSA) is 78.5 Å². The van der Waals surface area contributed by atoms with E-state index in [9.17, 15) is 0 Å². The highest BCUT2D eigenvalue weighted by Crippen LogP contribution is 2.05. The van der Waals surface area contributed by atoms with Crippen molar-refractivity contribution in [2.24, 2.45) is 5.84 Å². The van der Waals surface area contributed by atoms with Crippen LogP contribution in [0.2, 0.25) is 0 Å². The smallest absolute Gasteiger partial charge is 0.423 e. The zero-order valence-electron chi connectivity index (χ0n) is 6.78. The number of nitrogens with one attached hydrogen (secondary N) is 1. The third-order valence-corrected chi connectivity index (χ3v) is 1.74. The number of nitrogens with two attached hydrogens (primary N) is 1. The second kappa shape index (κ2) is 3.58. The quantitative estimate of drug-likeness (QED) is 0.257. The van der Waals surface area contributed by atoms with Gasteiger partial charge in [-0.25, -0.2) is 0 Å². The molecular weight excluding hydrogens is 155 g/mol. The Balaban J connectivity index is 3.20. The van der Waals surface area contributed by atoms with Crippen molar-refractivity contribution in [3.05, 3.63) is 23.8 Å². The summed E-state index contributed by atoms with van der Waals surface area (Å²) in [7, 11) is -1.49. The maximum Gasteiger partial charge on any atom is 0.490 e. The average Bonchev–Trinajstić information content (AvgIpc) is 2.03. The Kier molecular flexibility index (Phi) is 2.70. The van der Waals surface area contributed by atoms with Crippen LogP contribution >= 0.6 is 0 Å². The van der Waals surface area contributed by atoms with Gasteiger partial charge in [-0.3, -0.25) is 5.84 Å². The van der Waals surface area contributed by atoms with E-state index in [1.54, 1.807) is 25.1 Å². The van der Waals surface area contributed by atoms with Gasteiger partial charge in [0.15, 0.2) is 0 Å². The van der Waals surface area contributed by atoms with E-state index in [1.807, 2.05) is 0 Å². The van der Waals surface area contributed by atoms with E-state index >= 15 is 0 Å². The molecule has 0 bridgehead atoms. The fourth-order valence-electron chi connectivity index (χ4n) is 1.15. The summed E-state index contributed by atoms with van der Waals surface area (Å²) in [5.74, 6) is 5.19. The fourth-order valence-corrected chi connectivity index (χ4v) is 1.15. The molecule has 0 aliphatic heterocycles. The van der Waals surface area contributed by atoms with Gasteiger partial charge in [0.25, 0.3) is 0 Å². The van der Waals surface area contributed by atoms with Crippen LogP contribution in [0.5, 0.6) is 0 Å². The SMILES string of the molecule is Cc1cccc(NN)c1B(O)O. The minimum Gasteiger partial charge on any atom is -0.423 e. The first-order valence-corrected chi connectivity index (χ1v) is 3.59. The van der Waals surface area contributed by atoms with E-state index in [4.69, 9.17) is 15.9 Å². The standard InChI is InChI=1S/C7H11BN2O2/c1-5-3-2-4-6(10-9)7(5)8(11)12/h2-4,10-12H,9H2,1H3. The van der Waals surface area contributed by atoms with Gasteiger partial charge in [-0.1, -0.05) is 12.1 Å². The van der Waals surface area contributed by atoms with Gasteiger partial charge in [0, 0.05) is 11.2 Å². The Morgan fingerprint density at radius 2 is 2.08 bits per heavy atom. The van der Waals surface area contributed by atoms with E-state index in [2.05, 4.69) is 5.43 Å². The Bertz CT molecular complexity index is 278. The molecule has 0 spiro atoms. The van der Waals surface area contributed by atoms with E-state index in [1.165, 1.54) is 0 Å². The number of nitrogen functional groups attached to an aromatic ring is 1. The lowest BCUT2D eigenvalue weighted by Crippen LogP contribution is -2.35. The van der Waals surface area contributed by atoms with E-state index < -0.39 is 7.12 Å². The van der Waals surface area contributed by atoms with Gasteiger partial charge in [0.05, 0.1) is 0 Å². The van der Waals surface area contributed by atoms with Gasteiger partial charge >= 0.3 is 7.12 Å². The zero-order chi connectivity index (χ0) is 9.14. The van der Waals surface area contributed by atoms with Gasteiger partial charge in [0.2, 0.25) is 0 Å². The van der Waals surface area contributed by atoms with Crippen LogP contribution in [0.3, 0.4) is 0 Å². The Morgan fingerprint density at radius 1 is 1.42 bits per heavy atom. The first kappa shape index (κ1) is 9.06. The molecule has 0 saturated heterocycles. The van der Waals surface area contributed by atoms with Crippen LogP contribution in [0.25, 0.3) is 0 Å². The highest BCUT2D eigenvalue weighted by Gasteiger charge is 2.17. The molecular formula is C7H11BN2O2. The van der Waals surface area contributed by atoms with Crippen LogP contribution in [-0.4, -0.2) is 17.2 Å². The third kappa shape index (κ3) is 1.58. The number of hydrazine groups is 1. The maximum atomic E-state index is 8.98. The Hall–Kier alpha value is -1.04. The summed E-state index contributed by atoms with van der Waals surface area (Å²) in [6.45, 7) is 1.79. The van der Waals surface area contributed by atoms with E-state index in [-0.39, 0.29) is 0 Å². The molecule has 64 valence electrons. The zero-order valence-corrected chi connectivity index (χ0v) is 6.78. The first-order valence-electron chi connectivity index (χ1n) is 3.59. The van der Waals surface area contributed by atoms with Crippen LogP contribution in [0.4, 0.5) is 5.69 Å². The summed E-state index contributed by atoms with van der Waals surface area (Å²) in [5.41, 5.74) is 4.14. The normalized spacial score (nSPS) is 9.67. The molecule has 0 fully saturated rings. The summed E-state index contributed by atoms with van der Waals surface area (Å²) >= 11 is 0. The first-order chi connectivity index (χ1) is 5.66. The van der Waals surface area contributed by atoms with Crippen molar-refractivity contribution in [2.75, 3.05) is 5.43 Å². The Labute approximate surface area is 71.1 Å². The molecule has 4 nitrogen and oxygen atoms in total. The highest BCUT2D eigenvalue weighted by molar-refractivity contribution is 6.61. The second-order valence-electron chi connectivity index (χ2n) is 2.55. The lowest BCUT2D eigenvalue weighted by atomic mass is 9.76. The van der Waals surface area contributed by atoms with Crippen molar-refractivity contribution < 1.29 is 10.0 Å². The van der Waals surface area contributed by atoms with Gasteiger partial charge in [0.1, 0.15) is 0 Å². The lowest BCUT2D eigenvalue weighted by molar-refractivity contribution is 0.425. The minimum atomic E-state index is -1.49. The Morgan fingerprint density at radius 3 is 2.50 bits per heavy atom. The van der Waals surface area contributed by atoms with E-state index in [0.29, 0.717) is 11.2 Å². The predicted molar refractivity (Wildman–Crippen MR) is 48.8 cm³/mol. The molecule has 0 atom stereocenters. The monoisotopic (exact) mass is 166 g/mol. The number of anilines is 1. The molecule has 0 unspecified atom stereocenters. The molecule has 0 radical (unpaired) electrons. The molecule has 0 heterocycles. The van der Waals surface area contributed by atoms with Gasteiger partial charge in [-0.2, -0.15) is 0 Å². The van der Waals surface area contributed by atoms with Crippen LogP contribution in [0, 0.1) is 6.92 Å². The molecule has 0 aliphatic carbocycles. The number of rotatable bonds is 2. The van der Waals surface area contributed by atoms with Gasteiger partial charge < -0.3 is 15.5 Å². The second-order valence-corrected chi connectivity index (χ2v) is 2.55. The molecule has 5 heteroatoms. The summed E-state index contributed by atoms with van der Waals surface area (Å²) in [6.07, 6.45) is 0. The highest BCUT2D eigenvalue weighted by atomic mass is 16.4. The van der Waals surface area contributed by atoms with Crippen molar-refractivity contribution in [2.45, 2.75) is 6.92 Å². The summed E-state index contributed by atoms with van der Waals surface area (Å²) in [4.78, 5) is 0. The van der Waals surface area contributed by atoms with Crippen LogP contribution in [-0.2, 0) is 0 Å². The van der Waals surface area contributed by atoms with Crippen molar-refractivity contribution in [3.63, 3.8) is 0 Å². The van der Waals surface area contributed by atoms with Crippen LogP contribution in [0.1, 0.15) is 5.56 Å². The van der Waals surface area contributed by atoms with Gasteiger partial charge in [-0.05, 0) is 18.6 Å². The number of benzene rings is 1. The maximum absolute atomic E-state index is 8.98. The lowest BCUT2D eigenvalue weighted by Gasteiger charge is -2.10. The molecule has 12 heavy (non-hydrogen) atoms. The minimum absolute atomic E-state index is 0.417. The molecule has 5 N–H and O–H groups in total. The van der Waals surface area contributed by atoms with Gasteiger partial charge in [-0.15, -0.1) is 0 Å². The fraction of sp³-hybridized carbons (Fsp3) is 0.143. The molecule has 1 aromatic rings. The summed E-state index contributed by atoms with van der Waals surface area (Å²) in [6, 6.07) is 5.26. The van der Waals surface area contributed by atoms with E-state index in [0.717, 1.165) is 5.56 Å².